The van der Waals surface area contributed by atoms with E-state index < -0.39 is 0 Å². The van der Waals surface area contributed by atoms with Gasteiger partial charge in [-0.2, -0.15) is 0 Å². The van der Waals surface area contributed by atoms with E-state index in [2.05, 4.69) is 44.8 Å². The van der Waals surface area contributed by atoms with E-state index in [1.54, 1.807) is 0 Å². The van der Waals surface area contributed by atoms with Crippen molar-refractivity contribution in [1.29, 1.82) is 0 Å². The van der Waals surface area contributed by atoms with Crippen LogP contribution < -0.4 is 5.32 Å². The average molecular weight is 266 g/mol. The molecule has 2 heteroatoms. The molecule has 1 N–H and O–H groups in total. The number of rotatable bonds is 3. The lowest BCUT2D eigenvalue weighted by Gasteiger charge is -2.53. The second kappa shape index (κ2) is 5.73. The van der Waals surface area contributed by atoms with E-state index in [1.165, 1.54) is 51.6 Å². The quantitative estimate of drug-likeness (QED) is 0.835. The number of hydrogen-bond acceptors (Lipinski definition) is 2. The molecule has 2 unspecified atom stereocenters. The summed E-state index contributed by atoms with van der Waals surface area (Å²) in [6, 6.07) is 1.41. The topological polar surface area (TPSA) is 15.3 Å². The van der Waals surface area contributed by atoms with Crippen molar-refractivity contribution in [3.8, 4) is 0 Å². The lowest BCUT2D eigenvalue weighted by Crippen LogP contribution is -2.67. The first kappa shape index (κ1) is 15.3. The van der Waals surface area contributed by atoms with Gasteiger partial charge in [-0.05, 0) is 31.6 Å². The minimum atomic E-state index is 0.370. The van der Waals surface area contributed by atoms with Crippen LogP contribution in [0.4, 0.5) is 0 Å². The molecule has 1 heterocycles. The molecule has 0 bridgehead atoms. The Morgan fingerprint density at radius 3 is 2.42 bits per heavy atom. The summed E-state index contributed by atoms with van der Waals surface area (Å²) in [6.07, 6.45) is 8.25. The second-order valence-electron chi connectivity index (χ2n) is 8.06. The number of hydrogen-bond donors (Lipinski definition) is 1. The summed E-state index contributed by atoms with van der Waals surface area (Å²) in [5, 5.41) is 3.94. The van der Waals surface area contributed by atoms with Crippen LogP contribution in [0.2, 0.25) is 0 Å². The summed E-state index contributed by atoms with van der Waals surface area (Å²) in [6.45, 7) is 14.4. The summed E-state index contributed by atoms with van der Waals surface area (Å²) in [5.74, 6) is 0. The van der Waals surface area contributed by atoms with Gasteiger partial charge in [0.2, 0.25) is 0 Å². The Balaban J connectivity index is 2.13. The van der Waals surface area contributed by atoms with Crippen molar-refractivity contribution in [3.63, 3.8) is 0 Å². The highest BCUT2D eigenvalue weighted by Crippen LogP contribution is 2.38. The third kappa shape index (κ3) is 3.33. The standard InChI is InChI=1S/C17H34N2/c1-6-9-14(2)19-13-17(10-7-8-11-17)18-12-15(19)16(3,4)5/h14-15,18H,6-13H2,1-5H3. The normalized spacial score (nSPS) is 29.8. The Morgan fingerprint density at radius 2 is 1.89 bits per heavy atom. The zero-order valence-electron chi connectivity index (χ0n) is 13.8. The maximum atomic E-state index is 3.94. The lowest BCUT2D eigenvalue weighted by atomic mass is 9.80. The molecule has 112 valence electrons. The van der Waals surface area contributed by atoms with Crippen LogP contribution >= 0.6 is 0 Å². The van der Waals surface area contributed by atoms with E-state index in [4.69, 9.17) is 0 Å². The monoisotopic (exact) mass is 266 g/mol. The molecule has 2 rings (SSSR count). The Labute approximate surface area is 120 Å². The molecule has 0 aromatic rings. The van der Waals surface area contributed by atoms with Crippen molar-refractivity contribution in [2.24, 2.45) is 5.41 Å². The van der Waals surface area contributed by atoms with Gasteiger partial charge in [0.15, 0.2) is 0 Å². The van der Waals surface area contributed by atoms with Crippen LogP contribution in [0, 0.1) is 5.41 Å². The molecule has 1 aliphatic heterocycles. The molecule has 0 amide bonds. The van der Waals surface area contributed by atoms with Gasteiger partial charge in [0.1, 0.15) is 0 Å². The van der Waals surface area contributed by atoms with E-state index >= 15 is 0 Å². The third-order valence-electron chi connectivity index (χ3n) is 5.39. The number of nitrogens with one attached hydrogen (secondary N) is 1. The van der Waals surface area contributed by atoms with Crippen LogP contribution in [0.25, 0.3) is 0 Å². The number of piperazine rings is 1. The van der Waals surface area contributed by atoms with Gasteiger partial charge >= 0.3 is 0 Å². The zero-order chi connectivity index (χ0) is 14.1. The number of nitrogens with zero attached hydrogens (tertiary/aromatic N) is 1. The van der Waals surface area contributed by atoms with Gasteiger partial charge in [-0.25, -0.2) is 0 Å². The summed E-state index contributed by atoms with van der Waals surface area (Å²) in [7, 11) is 0. The van der Waals surface area contributed by atoms with Gasteiger partial charge in [0, 0.05) is 30.7 Å². The van der Waals surface area contributed by atoms with Crippen molar-refractivity contribution < 1.29 is 0 Å². The van der Waals surface area contributed by atoms with Crippen molar-refractivity contribution in [3.05, 3.63) is 0 Å². The zero-order valence-corrected chi connectivity index (χ0v) is 13.8. The molecule has 0 radical (unpaired) electrons. The highest BCUT2D eigenvalue weighted by molar-refractivity contribution is 5.04. The molecule has 2 fully saturated rings. The van der Waals surface area contributed by atoms with Gasteiger partial charge in [0.05, 0.1) is 0 Å². The SMILES string of the molecule is CCCC(C)N1CC2(CCCC2)NCC1C(C)(C)C. The van der Waals surface area contributed by atoms with E-state index in [1.807, 2.05) is 0 Å². The smallest absolute Gasteiger partial charge is 0.0309 e. The van der Waals surface area contributed by atoms with Crippen molar-refractivity contribution in [2.75, 3.05) is 13.1 Å². The van der Waals surface area contributed by atoms with Crippen LogP contribution in [0.1, 0.15) is 73.1 Å². The van der Waals surface area contributed by atoms with Gasteiger partial charge in [0.25, 0.3) is 0 Å². The second-order valence-corrected chi connectivity index (χ2v) is 8.06. The molecule has 0 aromatic heterocycles. The predicted molar refractivity (Wildman–Crippen MR) is 83.5 cm³/mol. The molecule has 1 spiro atoms. The molecule has 2 nitrogen and oxygen atoms in total. The molecular weight excluding hydrogens is 232 g/mol. The minimum Gasteiger partial charge on any atom is -0.308 e. The molecule has 1 saturated carbocycles. The largest absolute Gasteiger partial charge is 0.308 e. The first-order valence-electron chi connectivity index (χ1n) is 8.39. The van der Waals surface area contributed by atoms with Gasteiger partial charge in [-0.1, -0.05) is 47.0 Å². The highest BCUT2D eigenvalue weighted by atomic mass is 15.3. The first-order valence-corrected chi connectivity index (χ1v) is 8.39. The maximum Gasteiger partial charge on any atom is 0.0309 e. The Bertz CT molecular complexity index is 286. The molecule has 1 saturated heterocycles. The highest BCUT2D eigenvalue weighted by Gasteiger charge is 2.45. The van der Waals surface area contributed by atoms with Crippen molar-refractivity contribution in [1.82, 2.24) is 10.2 Å². The van der Waals surface area contributed by atoms with Crippen LogP contribution in [0.5, 0.6) is 0 Å². The molecule has 0 aromatic carbocycles. The van der Waals surface area contributed by atoms with E-state index in [9.17, 15) is 0 Å². The molecule has 1 aliphatic carbocycles. The Kier molecular flexibility index (Phi) is 4.62. The maximum absolute atomic E-state index is 3.94. The Morgan fingerprint density at radius 1 is 1.26 bits per heavy atom. The van der Waals surface area contributed by atoms with E-state index in [-0.39, 0.29) is 0 Å². The fraction of sp³-hybridized carbons (Fsp3) is 1.00. The van der Waals surface area contributed by atoms with E-state index in [0.717, 1.165) is 6.04 Å². The fourth-order valence-corrected chi connectivity index (χ4v) is 4.18. The Hall–Kier alpha value is -0.0800. The molecular formula is C17H34N2. The average Bonchev–Trinajstić information content (AvgIpc) is 2.76. The summed E-state index contributed by atoms with van der Waals surface area (Å²) < 4.78 is 0. The van der Waals surface area contributed by atoms with Crippen LogP contribution in [-0.2, 0) is 0 Å². The first-order chi connectivity index (χ1) is 8.88. The van der Waals surface area contributed by atoms with Crippen LogP contribution in [0.15, 0.2) is 0 Å². The third-order valence-corrected chi connectivity index (χ3v) is 5.39. The van der Waals surface area contributed by atoms with Crippen molar-refractivity contribution in [2.45, 2.75) is 90.8 Å². The lowest BCUT2D eigenvalue weighted by molar-refractivity contribution is -0.00454. The summed E-state index contributed by atoms with van der Waals surface area (Å²) in [4.78, 5) is 2.84. The summed E-state index contributed by atoms with van der Waals surface area (Å²) >= 11 is 0. The van der Waals surface area contributed by atoms with Gasteiger partial charge in [-0.15, -0.1) is 0 Å². The predicted octanol–water partition coefficient (Wildman–Crippen LogP) is 3.81. The summed E-state index contributed by atoms with van der Waals surface area (Å²) in [5.41, 5.74) is 0.818. The van der Waals surface area contributed by atoms with Gasteiger partial charge < -0.3 is 5.32 Å². The molecule has 2 atom stereocenters. The van der Waals surface area contributed by atoms with Crippen LogP contribution in [0.3, 0.4) is 0 Å². The fourth-order valence-electron chi connectivity index (χ4n) is 4.18. The molecule has 2 aliphatic rings. The van der Waals surface area contributed by atoms with Crippen LogP contribution in [-0.4, -0.2) is 35.6 Å². The van der Waals surface area contributed by atoms with Gasteiger partial charge in [-0.3, -0.25) is 4.90 Å². The molecule has 19 heavy (non-hydrogen) atoms. The van der Waals surface area contributed by atoms with Crippen molar-refractivity contribution >= 4 is 0 Å². The van der Waals surface area contributed by atoms with E-state index in [0.29, 0.717) is 17.0 Å². The minimum absolute atomic E-state index is 0.370.